The van der Waals surface area contributed by atoms with Crippen LogP contribution in [0.2, 0.25) is 0 Å². The predicted molar refractivity (Wildman–Crippen MR) is 135 cm³/mol. The zero-order chi connectivity index (χ0) is 24.8. The number of carboxylic acid groups (broad SMARTS) is 1. The zero-order valence-electron chi connectivity index (χ0n) is 19.9. The number of para-hydroxylation sites is 1. The van der Waals surface area contributed by atoms with E-state index in [9.17, 15) is 14.7 Å². The molecule has 0 aliphatic rings. The van der Waals surface area contributed by atoms with Gasteiger partial charge in [0.15, 0.2) is 5.13 Å². The Hall–Kier alpha value is -3.39. The Labute approximate surface area is 204 Å². The molecule has 3 rings (SSSR count). The summed E-state index contributed by atoms with van der Waals surface area (Å²) in [6, 6.07) is 17.5. The summed E-state index contributed by atoms with van der Waals surface area (Å²) in [5.41, 5.74) is 0.0273. The van der Waals surface area contributed by atoms with Crippen molar-refractivity contribution in [3.63, 3.8) is 0 Å². The summed E-state index contributed by atoms with van der Waals surface area (Å²) in [5.74, 6) is 0.376. The van der Waals surface area contributed by atoms with Crippen LogP contribution in [-0.4, -0.2) is 27.6 Å². The highest BCUT2D eigenvalue weighted by molar-refractivity contribution is 7.19. The standard InChI is InChI=1S/C26H31N3O4S/c1-5-15-26(25(2,3)4,29-24(31)32)22(30)28-23-27-16-21(34-23)20-14-10-9-11-18(20)17-33-19-12-7-6-8-13-19/h6-14,16,29H,5,15,17H2,1-4H3,(H,31,32)(H,27,28,30). The number of benzene rings is 2. The highest BCUT2D eigenvalue weighted by atomic mass is 32.1. The van der Waals surface area contributed by atoms with Crippen molar-refractivity contribution in [1.29, 1.82) is 0 Å². The monoisotopic (exact) mass is 481 g/mol. The number of anilines is 1. The molecule has 0 fully saturated rings. The Morgan fingerprint density at radius 2 is 1.74 bits per heavy atom. The fourth-order valence-electron chi connectivity index (χ4n) is 3.92. The van der Waals surface area contributed by atoms with Crippen LogP contribution in [0.5, 0.6) is 5.75 Å². The molecule has 0 aliphatic carbocycles. The Bertz CT molecular complexity index is 1120. The van der Waals surface area contributed by atoms with Gasteiger partial charge in [0, 0.05) is 6.20 Å². The third-order valence-corrected chi connectivity index (χ3v) is 6.71. The highest BCUT2D eigenvalue weighted by Gasteiger charge is 2.49. The second-order valence-electron chi connectivity index (χ2n) is 9.08. The number of thiazole rings is 1. The first-order valence-electron chi connectivity index (χ1n) is 11.2. The fourth-order valence-corrected chi connectivity index (χ4v) is 4.79. The maximum absolute atomic E-state index is 13.4. The molecule has 0 aliphatic heterocycles. The SMILES string of the molecule is CCCC(NC(=O)O)(C(=O)Nc1ncc(-c2ccccc2COc2ccccc2)s1)C(C)(C)C. The molecule has 1 unspecified atom stereocenters. The lowest BCUT2D eigenvalue weighted by atomic mass is 9.70. The summed E-state index contributed by atoms with van der Waals surface area (Å²) < 4.78 is 5.92. The fraction of sp³-hybridized carbons (Fsp3) is 0.346. The van der Waals surface area contributed by atoms with Crippen molar-refractivity contribution in [2.45, 2.75) is 52.7 Å². The molecule has 2 aromatic carbocycles. The molecule has 1 atom stereocenters. The first kappa shape index (κ1) is 25.2. The molecule has 0 radical (unpaired) electrons. The summed E-state index contributed by atoms with van der Waals surface area (Å²) >= 11 is 1.34. The van der Waals surface area contributed by atoms with Gasteiger partial charge in [0.05, 0.1) is 4.88 Å². The van der Waals surface area contributed by atoms with Crippen LogP contribution >= 0.6 is 11.3 Å². The van der Waals surface area contributed by atoms with Gasteiger partial charge in [0.1, 0.15) is 17.9 Å². The van der Waals surface area contributed by atoms with Crippen molar-refractivity contribution in [2.24, 2.45) is 5.41 Å². The minimum Gasteiger partial charge on any atom is -0.489 e. The Kier molecular flexibility index (Phi) is 7.94. The van der Waals surface area contributed by atoms with Crippen LogP contribution in [0.1, 0.15) is 46.1 Å². The summed E-state index contributed by atoms with van der Waals surface area (Å²) in [5, 5.41) is 15.2. The first-order chi connectivity index (χ1) is 16.2. The summed E-state index contributed by atoms with van der Waals surface area (Å²) in [4.78, 5) is 30.2. The maximum Gasteiger partial charge on any atom is 0.405 e. The molecule has 0 saturated heterocycles. The average Bonchev–Trinajstić information content (AvgIpc) is 3.25. The van der Waals surface area contributed by atoms with Gasteiger partial charge >= 0.3 is 6.09 Å². The molecule has 7 nitrogen and oxygen atoms in total. The summed E-state index contributed by atoms with van der Waals surface area (Å²) in [6.07, 6.45) is 1.49. The van der Waals surface area contributed by atoms with E-state index in [1.807, 2.05) is 82.3 Å². The van der Waals surface area contributed by atoms with Gasteiger partial charge in [-0.25, -0.2) is 9.78 Å². The molecule has 34 heavy (non-hydrogen) atoms. The van der Waals surface area contributed by atoms with Crippen LogP contribution in [-0.2, 0) is 11.4 Å². The zero-order valence-corrected chi connectivity index (χ0v) is 20.7. The number of carbonyl (C=O) groups is 2. The lowest BCUT2D eigenvalue weighted by Gasteiger charge is -2.42. The van der Waals surface area contributed by atoms with Crippen molar-refractivity contribution >= 4 is 28.5 Å². The number of nitrogens with zero attached hydrogens (tertiary/aromatic N) is 1. The van der Waals surface area contributed by atoms with E-state index in [2.05, 4.69) is 15.6 Å². The van der Waals surface area contributed by atoms with Gasteiger partial charge in [-0.3, -0.25) is 10.1 Å². The van der Waals surface area contributed by atoms with Crippen molar-refractivity contribution in [3.05, 3.63) is 66.4 Å². The van der Waals surface area contributed by atoms with E-state index in [4.69, 9.17) is 4.74 Å². The number of ether oxygens (including phenoxy) is 1. The van der Waals surface area contributed by atoms with E-state index >= 15 is 0 Å². The summed E-state index contributed by atoms with van der Waals surface area (Å²) in [6.45, 7) is 7.89. The van der Waals surface area contributed by atoms with Crippen LogP contribution in [0.4, 0.5) is 9.93 Å². The third-order valence-electron chi connectivity index (χ3n) is 5.76. The molecule has 0 bridgehead atoms. The van der Waals surface area contributed by atoms with Gasteiger partial charge in [-0.15, -0.1) is 0 Å². The second kappa shape index (κ2) is 10.7. The Morgan fingerprint density at radius 3 is 2.38 bits per heavy atom. The number of aromatic nitrogens is 1. The molecule has 3 N–H and O–H groups in total. The van der Waals surface area contributed by atoms with E-state index in [1.165, 1.54) is 11.3 Å². The number of nitrogens with one attached hydrogen (secondary N) is 2. The van der Waals surface area contributed by atoms with Crippen molar-refractivity contribution in [1.82, 2.24) is 10.3 Å². The number of rotatable bonds is 9. The van der Waals surface area contributed by atoms with Crippen LogP contribution in [0, 0.1) is 5.41 Å². The second-order valence-corrected chi connectivity index (χ2v) is 10.1. The van der Waals surface area contributed by atoms with Gasteiger partial charge in [-0.2, -0.15) is 0 Å². The highest BCUT2D eigenvalue weighted by Crippen LogP contribution is 2.37. The van der Waals surface area contributed by atoms with Crippen LogP contribution in [0.15, 0.2) is 60.8 Å². The van der Waals surface area contributed by atoms with Crippen LogP contribution < -0.4 is 15.4 Å². The van der Waals surface area contributed by atoms with E-state index < -0.39 is 23.0 Å². The topological polar surface area (TPSA) is 101 Å². The molecule has 3 aromatic rings. The van der Waals surface area contributed by atoms with E-state index in [1.54, 1.807) is 6.20 Å². The van der Waals surface area contributed by atoms with Gasteiger partial charge in [0.2, 0.25) is 0 Å². The number of amides is 2. The minimum atomic E-state index is -1.29. The summed E-state index contributed by atoms with van der Waals surface area (Å²) in [7, 11) is 0. The quantitative estimate of drug-likeness (QED) is 0.339. The molecule has 1 aromatic heterocycles. The number of hydrogen-bond acceptors (Lipinski definition) is 5. The smallest absolute Gasteiger partial charge is 0.405 e. The van der Waals surface area contributed by atoms with E-state index in [0.717, 1.165) is 21.8 Å². The molecule has 2 amide bonds. The lowest BCUT2D eigenvalue weighted by molar-refractivity contribution is -0.127. The third kappa shape index (κ3) is 5.75. The molecule has 0 spiro atoms. The molecule has 8 heteroatoms. The predicted octanol–water partition coefficient (Wildman–Crippen LogP) is 6.18. The Balaban J connectivity index is 1.82. The van der Waals surface area contributed by atoms with Crippen LogP contribution in [0.25, 0.3) is 10.4 Å². The maximum atomic E-state index is 13.4. The molecular formula is C26H31N3O4S. The van der Waals surface area contributed by atoms with Crippen LogP contribution in [0.3, 0.4) is 0 Å². The first-order valence-corrected chi connectivity index (χ1v) is 12.0. The van der Waals surface area contributed by atoms with Crippen molar-refractivity contribution in [3.8, 4) is 16.2 Å². The van der Waals surface area contributed by atoms with E-state index in [0.29, 0.717) is 24.6 Å². The minimum absolute atomic E-state index is 0.368. The molecule has 1 heterocycles. The molecule has 180 valence electrons. The number of hydrogen-bond donors (Lipinski definition) is 3. The largest absolute Gasteiger partial charge is 0.489 e. The van der Waals surface area contributed by atoms with Crippen molar-refractivity contribution < 1.29 is 19.4 Å². The van der Waals surface area contributed by atoms with Crippen molar-refractivity contribution in [2.75, 3.05) is 5.32 Å². The lowest BCUT2D eigenvalue weighted by Crippen LogP contribution is -2.64. The molecular weight excluding hydrogens is 450 g/mol. The van der Waals surface area contributed by atoms with Gasteiger partial charge < -0.3 is 15.2 Å². The Morgan fingerprint density at radius 1 is 1.06 bits per heavy atom. The normalized spacial score (nSPS) is 13.1. The van der Waals surface area contributed by atoms with Gasteiger partial charge in [-0.1, -0.05) is 87.9 Å². The van der Waals surface area contributed by atoms with E-state index in [-0.39, 0.29) is 0 Å². The van der Waals surface area contributed by atoms with Gasteiger partial charge in [-0.05, 0) is 35.1 Å². The van der Waals surface area contributed by atoms with Gasteiger partial charge in [0.25, 0.3) is 5.91 Å². The number of carbonyl (C=O) groups excluding carboxylic acids is 1. The molecule has 0 saturated carbocycles. The average molecular weight is 482 g/mol.